The van der Waals surface area contributed by atoms with Crippen LogP contribution in [0.3, 0.4) is 0 Å². The Labute approximate surface area is 583 Å². The van der Waals surface area contributed by atoms with Gasteiger partial charge in [0, 0.05) is 85.4 Å². The smallest absolute Gasteiger partial charge is 0.448 e. The molecule has 3 saturated heterocycles. The van der Waals surface area contributed by atoms with Gasteiger partial charge in [0.15, 0.2) is 48.5 Å². The molecule has 4 heterocycles. The van der Waals surface area contributed by atoms with Crippen LogP contribution in [-0.4, -0.2) is 196 Å². The highest BCUT2D eigenvalue weighted by Gasteiger charge is 2.69. The lowest BCUT2D eigenvalue weighted by molar-refractivity contribution is -0.341. The van der Waals surface area contributed by atoms with Gasteiger partial charge in [-0.05, 0) is 113 Å². The lowest BCUT2D eigenvalue weighted by Crippen LogP contribution is -2.61. The van der Waals surface area contributed by atoms with Crippen molar-refractivity contribution in [1.82, 2.24) is 15.2 Å². The molecule has 15 atom stereocenters. The van der Waals surface area contributed by atoms with E-state index in [4.69, 9.17) is 64.7 Å². The number of hydrogen-bond acceptors (Lipinski definition) is 18. The van der Waals surface area contributed by atoms with Crippen molar-refractivity contribution < 1.29 is 74.2 Å². The summed E-state index contributed by atoms with van der Waals surface area (Å²) in [6, 6.07) is 6.84. The van der Waals surface area contributed by atoms with Gasteiger partial charge in [-0.15, -0.1) is 0 Å². The summed E-state index contributed by atoms with van der Waals surface area (Å²) in [4.78, 5) is 22.0. The molecule has 1 amide bonds. The van der Waals surface area contributed by atoms with Crippen molar-refractivity contribution in [2.45, 2.75) is 328 Å². The zero-order valence-electron chi connectivity index (χ0n) is 65.2. The molecule has 3 aliphatic rings. The fraction of sp³-hybridized carbons (Fsp3) is 0.914. The van der Waals surface area contributed by atoms with E-state index in [0.29, 0.717) is 50.4 Å². The molecule has 556 valence electrons. The van der Waals surface area contributed by atoms with Crippen molar-refractivity contribution in [3.8, 4) is 0 Å². The Bertz CT molecular complexity index is 2500. The molecule has 25 heteroatoms. The standard InChI is InChI=1S/C70H140N3O16PSi5/c1-30-94(31-2,32-3)88-61(55(49-77-20)73(18)19)63(89-95(33-4,34-5)35-6)65(75)71-40-39-50(7)66-72-54(48-79-66)37-36-38-56-52(9)59(87-93(28,29)67(11,12)13)46-70(83-56)68(14,15)64(86-90(76,80-41-43-91(22,23)24)81-42-44-92(25,26)27)62(85-70)58(78-21)45-57-53(10)60(51(8)47-74)84-69(16,17)82-57/h36-37,48,50-53,55-64,74H,30-35,38-47,49H2,1-29H3,(H,71,75)/b37-36+/t50-,51+,52+,53-,55-,56-,57-,58-,59+,60+,61-,62+,63-,64-,70-/m0/s1. The van der Waals surface area contributed by atoms with Gasteiger partial charge < -0.3 is 61.4 Å². The van der Waals surface area contributed by atoms with Crippen LogP contribution in [0.4, 0.5) is 0 Å². The molecule has 95 heavy (non-hydrogen) atoms. The number of aromatic nitrogens is 1. The Morgan fingerprint density at radius 3 is 1.86 bits per heavy atom. The lowest BCUT2D eigenvalue weighted by Gasteiger charge is -2.53. The first kappa shape index (κ1) is 86.6. The number of rotatable bonds is 41. The zero-order chi connectivity index (χ0) is 72.1. The number of carbonyl (C=O) groups excluding carboxylic acids is 1. The van der Waals surface area contributed by atoms with Gasteiger partial charge in [0.1, 0.15) is 24.2 Å². The third-order valence-electron chi connectivity index (χ3n) is 22.0. The Hall–Kier alpha value is -0.826. The van der Waals surface area contributed by atoms with Crippen LogP contribution in [-0.2, 0) is 64.6 Å². The van der Waals surface area contributed by atoms with Gasteiger partial charge in [0.25, 0.3) is 5.91 Å². The first-order valence-electron chi connectivity index (χ1n) is 36.4. The molecule has 19 nitrogen and oxygen atoms in total. The van der Waals surface area contributed by atoms with Crippen LogP contribution in [0.5, 0.6) is 0 Å². The number of likely N-dealkylation sites (N-methyl/N-ethyl adjacent to an activating group) is 1. The maximum Gasteiger partial charge on any atom is 0.475 e. The zero-order valence-corrected chi connectivity index (χ0v) is 71.1. The molecule has 3 fully saturated rings. The van der Waals surface area contributed by atoms with E-state index >= 15 is 4.57 Å². The van der Waals surface area contributed by atoms with Gasteiger partial charge in [-0.3, -0.25) is 18.4 Å². The number of hydrogen-bond donors (Lipinski definition) is 2. The third kappa shape index (κ3) is 23.3. The molecule has 2 N–H and O–H groups in total. The monoisotopic (exact) mass is 1450 g/mol. The quantitative estimate of drug-likeness (QED) is 0.0462. The molecule has 1 aromatic heterocycles. The van der Waals surface area contributed by atoms with E-state index in [1.165, 1.54) is 0 Å². The van der Waals surface area contributed by atoms with E-state index in [1.807, 2.05) is 40.9 Å². The number of nitrogens with one attached hydrogen (secondary N) is 1. The predicted molar refractivity (Wildman–Crippen MR) is 397 cm³/mol. The number of aliphatic hydroxyl groups excluding tert-OH is 1. The van der Waals surface area contributed by atoms with Gasteiger partial charge >= 0.3 is 7.82 Å². The molecular weight excluding hydrogens is 1310 g/mol. The number of nitrogens with zero attached hydrogens (tertiary/aromatic N) is 2. The van der Waals surface area contributed by atoms with E-state index in [-0.39, 0.29) is 78.8 Å². The van der Waals surface area contributed by atoms with E-state index in [2.05, 4.69) is 166 Å². The first-order chi connectivity index (χ1) is 43.9. The van der Waals surface area contributed by atoms with Gasteiger partial charge in [0.2, 0.25) is 0 Å². The van der Waals surface area contributed by atoms with Gasteiger partial charge in [-0.25, -0.2) is 9.55 Å². The number of amides is 1. The highest BCUT2D eigenvalue weighted by Crippen LogP contribution is 2.62. The summed E-state index contributed by atoms with van der Waals surface area (Å²) in [5.74, 6) is -2.41. The second-order valence-corrected chi connectivity index (χ2v) is 60.5. The van der Waals surface area contributed by atoms with Gasteiger partial charge in [-0.1, -0.05) is 149 Å². The summed E-state index contributed by atoms with van der Waals surface area (Å²) < 4.78 is 105. The molecule has 0 aliphatic carbocycles. The Morgan fingerprint density at radius 2 is 1.37 bits per heavy atom. The molecule has 0 aromatic carbocycles. The maximum absolute atomic E-state index is 15.6. The van der Waals surface area contributed by atoms with Crippen LogP contribution in [0.15, 0.2) is 16.8 Å². The molecule has 1 spiro atoms. The molecule has 4 rings (SSSR count). The summed E-state index contributed by atoms with van der Waals surface area (Å²) in [5.41, 5.74) is -0.366. The summed E-state index contributed by atoms with van der Waals surface area (Å²) in [6.07, 6.45) is 2.30. The van der Waals surface area contributed by atoms with Crippen LogP contribution in [0.25, 0.3) is 6.08 Å². The molecule has 0 saturated carbocycles. The number of methoxy groups -OCH3 is 2. The maximum atomic E-state index is 15.6. The average molecular weight is 1450 g/mol. The average Bonchev–Trinajstić information content (AvgIpc) is 1.57. The topological polar surface area (TPSA) is 206 Å². The number of ether oxygens (including phenoxy) is 6. The molecule has 0 bridgehead atoms. The minimum atomic E-state index is -4.29. The predicted octanol–water partition coefficient (Wildman–Crippen LogP) is 16.4. The molecule has 3 aliphatic heterocycles. The SMILES string of the molecule is CC[Si](CC)(CC)O[C@H]([C@H](O[Si](CC)(CC)CC)C(=O)NCC[C@H](C)c1nc(/C=C/C[C@@H]2O[C@@]3(C[C@@H](O[Si](C)(C)C(C)(C)C)[C@@H]2C)O[C@H]([C@H](C[C@@H]2OC(C)(C)O[C@H]([C@H](C)CO)[C@H]2C)OC)[C@H](OP(=O)(OCC[Si](C)(C)C)OCC[Si](C)(C)C)C3(C)C)co1)[C@H](COC)N(C)C. The Kier molecular flexibility index (Phi) is 32.9. The van der Waals surface area contributed by atoms with E-state index in [1.54, 1.807) is 20.5 Å². The third-order valence-corrected chi connectivity index (χ3v) is 40.7. The van der Waals surface area contributed by atoms with E-state index in [9.17, 15) is 9.90 Å². The van der Waals surface area contributed by atoms with Gasteiger partial charge in [0.05, 0.1) is 62.5 Å². The van der Waals surface area contributed by atoms with Crippen LogP contribution in [0, 0.1) is 23.2 Å². The summed E-state index contributed by atoms with van der Waals surface area (Å²) in [7, 11) is -7.14. The number of aliphatic hydroxyl groups is 1. The van der Waals surface area contributed by atoms with Crippen LogP contribution < -0.4 is 5.32 Å². The fourth-order valence-corrected chi connectivity index (χ4v) is 23.7. The Balaban J connectivity index is 1.76. The summed E-state index contributed by atoms with van der Waals surface area (Å²) in [6.45, 7) is 55.7. The van der Waals surface area contributed by atoms with Gasteiger partial charge in [-0.2, -0.15) is 0 Å². The van der Waals surface area contributed by atoms with Crippen LogP contribution in [0.2, 0.25) is 106 Å². The number of phosphoric acid groups is 1. The number of carbonyl (C=O) groups is 1. The second-order valence-electron chi connectivity index (χ2n) is 33.4. The molecule has 1 aromatic rings. The first-order valence-corrected chi connectivity index (χ1v) is 53.2. The van der Waals surface area contributed by atoms with Crippen LogP contribution >= 0.6 is 7.82 Å². The fourth-order valence-electron chi connectivity index (χ4n) is 13.4. The highest BCUT2D eigenvalue weighted by molar-refractivity contribution is 7.48. The Morgan fingerprint density at radius 1 is 0.811 bits per heavy atom. The number of phosphoric ester groups is 1. The normalized spacial score (nSPS) is 26.9. The molecular formula is C70H140N3O16PSi5. The van der Waals surface area contributed by atoms with E-state index in [0.717, 1.165) is 48.4 Å². The van der Waals surface area contributed by atoms with Crippen molar-refractivity contribution in [2.24, 2.45) is 23.2 Å². The highest BCUT2D eigenvalue weighted by atomic mass is 31.2. The largest absolute Gasteiger partial charge is 0.475 e. The minimum absolute atomic E-state index is 0.0400. The van der Waals surface area contributed by atoms with Crippen molar-refractivity contribution in [1.29, 1.82) is 0 Å². The molecule has 0 radical (unpaired) electrons. The van der Waals surface area contributed by atoms with Crippen molar-refractivity contribution in [3.63, 3.8) is 0 Å². The van der Waals surface area contributed by atoms with Crippen LogP contribution in [0.1, 0.15) is 161 Å². The van der Waals surface area contributed by atoms with Crippen molar-refractivity contribution in [3.05, 3.63) is 23.9 Å². The summed E-state index contributed by atoms with van der Waals surface area (Å²) in [5, 5.41) is 13.6. The number of oxazole rings is 1. The lowest BCUT2D eigenvalue weighted by atomic mass is 9.72. The minimum Gasteiger partial charge on any atom is -0.448 e. The molecule has 0 unspecified atom stereocenters. The van der Waals surface area contributed by atoms with Crippen molar-refractivity contribution in [2.75, 3.05) is 61.3 Å². The van der Waals surface area contributed by atoms with E-state index < -0.39 is 103 Å². The summed E-state index contributed by atoms with van der Waals surface area (Å²) >= 11 is 0. The second kappa shape index (κ2) is 36.1. The van der Waals surface area contributed by atoms with Crippen molar-refractivity contribution >= 4 is 60.9 Å².